The maximum absolute atomic E-state index is 3.63. The first-order chi connectivity index (χ1) is 13.0. The molecule has 0 saturated heterocycles. The molecule has 0 saturated carbocycles. The van der Waals surface area contributed by atoms with E-state index in [1.807, 2.05) is 0 Å². The van der Waals surface area contributed by atoms with E-state index in [0.717, 1.165) is 6.42 Å². The van der Waals surface area contributed by atoms with Gasteiger partial charge in [0.05, 0.1) is 0 Å². The summed E-state index contributed by atoms with van der Waals surface area (Å²) in [7, 11) is 0. The van der Waals surface area contributed by atoms with Gasteiger partial charge >= 0.3 is 25.8 Å². The number of hydrogen-bond donors (Lipinski definition) is 0. The van der Waals surface area contributed by atoms with Gasteiger partial charge in [0.1, 0.15) is 0 Å². The van der Waals surface area contributed by atoms with Crippen LogP contribution >= 0.6 is 0 Å². The summed E-state index contributed by atoms with van der Waals surface area (Å²) >= 11 is 0. The Morgan fingerprint density at radius 1 is 0.900 bits per heavy atom. The quantitative estimate of drug-likeness (QED) is 0.197. The third kappa shape index (κ3) is 5.90. The number of benzene rings is 1. The molecule has 0 unspecified atom stereocenters. The van der Waals surface area contributed by atoms with Crippen molar-refractivity contribution in [2.75, 3.05) is 0 Å². The van der Waals surface area contributed by atoms with Crippen LogP contribution < -0.4 is 0 Å². The van der Waals surface area contributed by atoms with Crippen molar-refractivity contribution in [2.24, 2.45) is 0 Å². The summed E-state index contributed by atoms with van der Waals surface area (Å²) in [6.07, 6.45) is 13.9. The fourth-order valence-corrected chi connectivity index (χ4v) is 4.70. The minimum Gasteiger partial charge on any atom is -0.358 e. The summed E-state index contributed by atoms with van der Waals surface area (Å²) in [4.78, 5) is 0. The van der Waals surface area contributed by atoms with Crippen LogP contribution in [-0.4, -0.2) is 0 Å². The fraction of sp³-hybridized carbons (Fsp3) is 0.483. The van der Waals surface area contributed by atoms with Crippen molar-refractivity contribution in [1.29, 1.82) is 0 Å². The minimum absolute atomic E-state index is 0. The second kappa shape index (κ2) is 12.9. The number of fused-ring (bicyclic) bond motifs is 3. The molecule has 0 N–H and O–H groups in total. The summed E-state index contributed by atoms with van der Waals surface area (Å²) in [6, 6.07) is 4.71. The number of aryl methyl sites for hydroxylation is 1. The third-order valence-corrected chi connectivity index (χ3v) is 7.01. The Morgan fingerprint density at radius 3 is 2.03 bits per heavy atom. The van der Waals surface area contributed by atoms with E-state index in [-0.39, 0.29) is 40.7 Å². The number of hydrogen-bond acceptors (Lipinski definition) is 0. The second-order valence-electron chi connectivity index (χ2n) is 8.51. The van der Waals surface area contributed by atoms with Crippen molar-refractivity contribution in [3.8, 4) is 0 Å². The molecular weight excluding hydrogens is 527 g/mol. The van der Waals surface area contributed by atoms with Crippen molar-refractivity contribution in [3.63, 3.8) is 0 Å². The van der Waals surface area contributed by atoms with E-state index in [9.17, 15) is 0 Å². The molecular formula is C29H42Hf. The van der Waals surface area contributed by atoms with Crippen LogP contribution in [0.3, 0.4) is 0 Å². The summed E-state index contributed by atoms with van der Waals surface area (Å²) in [6.45, 7) is 13.3. The molecule has 0 spiro atoms. The van der Waals surface area contributed by atoms with E-state index in [2.05, 4.69) is 59.8 Å². The van der Waals surface area contributed by atoms with E-state index < -0.39 is 0 Å². The van der Waals surface area contributed by atoms with Crippen LogP contribution in [0.15, 0.2) is 12.1 Å². The molecule has 0 fully saturated rings. The predicted octanol–water partition coefficient (Wildman–Crippen LogP) is 8.34. The zero-order chi connectivity index (χ0) is 19.6. The molecule has 30 heavy (non-hydrogen) atoms. The Hall–Kier alpha value is -0.820. The van der Waals surface area contributed by atoms with Crippen molar-refractivity contribution < 1.29 is 25.8 Å². The normalized spacial score (nSPS) is 13.1. The van der Waals surface area contributed by atoms with Crippen molar-refractivity contribution >= 4 is 5.57 Å². The molecule has 0 atom stereocenters. The van der Waals surface area contributed by atoms with Crippen molar-refractivity contribution in [3.05, 3.63) is 83.1 Å². The Kier molecular flexibility index (Phi) is 12.5. The van der Waals surface area contributed by atoms with Gasteiger partial charge in [0, 0.05) is 0 Å². The van der Waals surface area contributed by atoms with Crippen LogP contribution in [-0.2, 0) is 45.1 Å². The van der Waals surface area contributed by atoms with Gasteiger partial charge < -0.3 is 14.9 Å². The molecule has 0 aliphatic heterocycles. The molecule has 0 aromatic heterocycles. The van der Waals surface area contributed by atoms with Crippen LogP contribution in [0.1, 0.15) is 89.1 Å². The third-order valence-electron chi connectivity index (χ3n) is 7.01. The molecule has 4 rings (SSSR count). The Balaban J connectivity index is 0.000000569. The summed E-state index contributed by atoms with van der Waals surface area (Å²) in [5, 5.41) is 0. The van der Waals surface area contributed by atoms with Crippen molar-refractivity contribution in [2.45, 2.75) is 92.9 Å². The van der Waals surface area contributed by atoms with Crippen LogP contribution in [0.2, 0.25) is 0 Å². The van der Waals surface area contributed by atoms with E-state index in [4.69, 9.17) is 0 Å². The van der Waals surface area contributed by atoms with Gasteiger partial charge in [0.15, 0.2) is 0 Å². The van der Waals surface area contributed by atoms with Crippen LogP contribution in [0.5, 0.6) is 0 Å². The van der Waals surface area contributed by atoms with Crippen molar-refractivity contribution in [1.82, 2.24) is 0 Å². The number of unbranched alkanes of at least 4 members (excludes halogenated alkanes) is 2. The SMILES string of the molecule is CCCCCC1=[C-]Cc2ccc3c(c21)CCC3.Cc1c(C)c(C)[c-](C)c1C.[CH3-].[CH3-].[Hf+4]. The van der Waals surface area contributed by atoms with Gasteiger partial charge in [-0.2, -0.15) is 33.4 Å². The first kappa shape index (κ1) is 29.2. The maximum atomic E-state index is 3.63. The molecule has 0 heterocycles. The minimum atomic E-state index is 0. The van der Waals surface area contributed by atoms with Gasteiger partial charge in [-0.25, -0.2) is 5.57 Å². The number of rotatable bonds is 4. The number of allylic oxidation sites excluding steroid dienone is 2. The standard InChI is InChI=1S/C17H21.C10H15.2CH3.Hf/c1-2-3-4-6-14-11-12-15-10-9-13-7-5-8-16(13)17(14)15;1-6-7(2)9(4)10(5)8(6)3;;;/h9-10H,2-8,12H2,1H3;1-5H3;2*1H3;/q4*-1;+4. The average Bonchev–Trinajstić information content (AvgIpc) is 3.35. The van der Waals surface area contributed by atoms with Crippen LogP contribution in [0.4, 0.5) is 0 Å². The van der Waals surface area contributed by atoms with E-state index in [1.165, 1.54) is 83.9 Å². The summed E-state index contributed by atoms with van der Waals surface area (Å²) in [5.74, 6) is 0. The Labute approximate surface area is 206 Å². The molecule has 0 radical (unpaired) electrons. The molecule has 2 aliphatic rings. The second-order valence-corrected chi connectivity index (χ2v) is 8.51. The summed E-state index contributed by atoms with van der Waals surface area (Å²) < 4.78 is 0. The monoisotopic (exact) mass is 570 g/mol. The molecule has 1 heteroatoms. The largest absolute Gasteiger partial charge is 4.00 e. The fourth-order valence-electron chi connectivity index (χ4n) is 4.70. The first-order valence-corrected chi connectivity index (χ1v) is 10.9. The Morgan fingerprint density at radius 2 is 1.50 bits per heavy atom. The Bertz CT molecular complexity index is 768. The van der Waals surface area contributed by atoms with E-state index >= 15 is 0 Å². The molecule has 0 amide bonds. The predicted molar refractivity (Wildman–Crippen MR) is 132 cm³/mol. The molecule has 2 aliphatic carbocycles. The van der Waals surface area contributed by atoms with E-state index in [0.29, 0.717) is 0 Å². The smallest absolute Gasteiger partial charge is 0.358 e. The van der Waals surface area contributed by atoms with Gasteiger partial charge in [0.25, 0.3) is 0 Å². The van der Waals surface area contributed by atoms with Crippen LogP contribution in [0.25, 0.3) is 5.57 Å². The first-order valence-electron chi connectivity index (χ1n) is 10.9. The zero-order valence-electron chi connectivity index (χ0n) is 20.8. The molecule has 0 nitrogen and oxygen atoms in total. The van der Waals surface area contributed by atoms with Gasteiger partial charge in [-0.3, -0.25) is 6.08 Å². The van der Waals surface area contributed by atoms with Gasteiger partial charge in [-0.1, -0.05) is 84.9 Å². The van der Waals surface area contributed by atoms with E-state index in [1.54, 1.807) is 16.7 Å². The van der Waals surface area contributed by atoms with Crippen LogP contribution in [0, 0.1) is 55.5 Å². The van der Waals surface area contributed by atoms with Gasteiger partial charge in [-0.15, -0.1) is 17.5 Å². The van der Waals surface area contributed by atoms with Gasteiger partial charge in [-0.05, 0) is 19.3 Å². The van der Waals surface area contributed by atoms with Gasteiger partial charge in [0.2, 0.25) is 0 Å². The maximum Gasteiger partial charge on any atom is 4.00 e. The average molecular weight is 569 g/mol. The zero-order valence-corrected chi connectivity index (χ0v) is 24.4. The molecule has 2 aromatic rings. The molecule has 2 aromatic carbocycles. The topological polar surface area (TPSA) is 0 Å². The summed E-state index contributed by atoms with van der Waals surface area (Å²) in [5.41, 5.74) is 15.3. The molecule has 0 bridgehead atoms. The molecule has 162 valence electrons.